The van der Waals surface area contributed by atoms with Crippen LogP contribution in [0.3, 0.4) is 0 Å². The quantitative estimate of drug-likeness (QED) is 0.0894. The molecule has 0 N–H and O–H groups in total. The Morgan fingerprint density at radius 2 is 1.15 bits per heavy atom. The van der Waals surface area contributed by atoms with Gasteiger partial charge in [0, 0.05) is 24.4 Å². The van der Waals surface area contributed by atoms with Crippen molar-refractivity contribution in [2.45, 2.75) is 11.8 Å². The van der Waals surface area contributed by atoms with E-state index < -0.39 is 11.8 Å². The van der Waals surface area contributed by atoms with E-state index in [1.54, 1.807) is 22.7 Å². The summed E-state index contributed by atoms with van der Waals surface area (Å²) in [6, 6.07) is 16.7. The average molecular weight is 719 g/mol. The highest BCUT2D eigenvalue weighted by atomic mass is 127. The Morgan fingerprint density at radius 3 is 1.82 bits per heavy atom. The van der Waals surface area contributed by atoms with E-state index in [1.165, 1.54) is 33.4 Å². The highest BCUT2D eigenvalue weighted by molar-refractivity contribution is 14.1. The summed E-state index contributed by atoms with van der Waals surface area (Å²) in [6.07, 6.45) is 0. The van der Waals surface area contributed by atoms with Gasteiger partial charge in [0.05, 0.1) is 48.8 Å². The maximum Gasteiger partial charge on any atom is 0.246 e. The predicted molar refractivity (Wildman–Crippen MR) is 156 cm³/mol. The van der Waals surface area contributed by atoms with E-state index in [4.69, 9.17) is 0 Å². The number of hydrogen-bond acceptors (Lipinski definition) is 4. The highest BCUT2D eigenvalue weighted by Gasteiger charge is 2.54. The molecule has 3 aliphatic rings. The van der Waals surface area contributed by atoms with Crippen LogP contribution in [0.15, 0.2) is 57.5 Å². The minimum Gasteiger partial charge on any atom is -0.273 e. The Balaban J connectivity index is 1.64. The zero-order chi connectivity index (χ0) is 23.0. The van der Waals surface area contributed by atoms with Gasteiger partial charge in [0.25, 0.3) is 0 Å². The van der Waals surface area contributed by atoms with Gasteiger partial charge in [-0.15, -0.1) is 22.7 Å². The molecule has 1 aliphatic heterocycles. The number of carbonyl (C=O) groups is 2. The van der Waals surface area contributed by atoms with E-state index >= 15 is 0 Å². The number of carbonyl (C=O) groups excluding carboxylic acids is 2. The minimum absolute atomic E-state index is 0.0974. The van der Waals surface area contributed by atoms with Gasteiger partial charge in [0.15, 0.2) is 0 Å². The number of nitrogens with zero attached hydrogens (tertiary/aromatic N) is 1. The van der Waals surface area contributed by atoms with Gasteiger partial charge in [0.1, 0.15) is 0 Å². The van der Waals surface area contributed by atoms with E-state index in [-0.39, 0.29) is 11.8 Å². The van der Waals surface area contributed by atoms with Crippen molar-refractivity contribution in [3.63, 3.8) is 0 Å². The van der Waals surface area contributed by atoms with Gasteiger partial charge in [0.2, 0.25) is 11.8 Å². The Labute approximate surface area is 231 Å². The molecule has 2 aliphatic carbocycles. The molecule has 164 valence electrons. The van der Waals surface area contributed by atoms with E-state index in [9.17, 15) is 9.59 Å². The van der Waals surface area contributed by atoms with Crippen LogP contribution >= 0.6 is 77.4 Å². The summed E-state index contributed by atoms with van der Waals surface area (Å²) in [6.45, 7) is 0. The first kappa shape index (κ1) is 20.6. The van der Waals surface area contributed by atoms with Crippen LogP contribution < -0.4 is 0 Å². The van der Waals surface area contributed by atoms with Crippen LogP contribution in [-0.2, 0) is 9.59 Å². The van der Waals surface area contributed by atoms with Crippen molar-refractivity contribution in [2.75, 3.05) is 0 Å². The number of rotatable bonds is 0. The van der Waals surface area contributed by atoms with Gasteiger partial charge < -0.3 is 0 Å². The topological polar surface area (TPSA) is 37.4 Å². The first-order valence-corrected chi connectivity index (χ1v) is 14.8. The van der Waals surface area contributed by atoms with Crippen LogP contribution in [0.2, 0.25) is 0 Å². The number of imide groups is 1. The number of hydrogen-bond donors (Lipinski definition) is 0. The summed E-state index contributed by atoms with van der Waals surface area (Å²) in [7, 11) is 0. The normalized spacial score (nSPS) is 19.7. The molecule has 3 heterocycles. The first-order chi connectivity index (χ1) is 16.5. The molecule has 2 amide bonds. The van der Waals surface area contributed by atoms with Crippen molar-refractivity contribution in [1.29, 1.82) is 0 Å². The van der Waals surface area contributed by atoms with Crippen LogP contribution in [0.25, 0.3) is 51.1 Å². The zero-order valence-corrected chi connectivity index (χ0v) is 24.0. The lowest BCUT2D eigenvalue weighted by Crippen LogP contribution is -2.20. The maximum atomic E-state index is 13.3. The fraction of sp³-hybridized carbons (Fsp3) is 0.0769. The van der Waals surface area contributed by atoms with Crippen molar-refractivity contribution in [2.24, 2.45) is 0 Å². The second-order valence-electron chi connectivity index (χ2n) is 8.73. The van der Waals surface area contributed by atoms with Gasteiger partial charge in [-0.3, -0.25) is 9.59 Å². The third-order valence-electron chi connectivity index (χ3n) is 7.24. The number of thiophene rings is 2. The first-order valence-electron chi connectivity index (χ1n) is 10.6. The third kappa shape index (κ3) is 2.24. The molecule has 4 aromatic carbocycles. The van der Waals surface area contributed by atoms with Crippen LogP contribution in [-0.4, -0.2) is 14.9 Å². The summed E-state index contributed by atoms with van der Waals surface area (Å²) < 4.78 is 8.29. The van der Waals surface area contributed by atoms with Crippen LogP contribution in [0.1, 0.15) is 23.0 Å². The van der Waals surface area contributed by atoms with Crippen molar-refractivity contribution in [1.82, 2.24) is 3.11 Å². The molecule has 2 bridgehead atoms. The van der Waals surface area contributed by atoms with Gasteiger partial charge in [-0.2, -0.15) is 0 Å². The van der Waals surface area contributed by atoms with Crippen molar-refractivity contribution >= 4 is 140 Å². The lowest BCUT2D eigenvalue weighted by atomic mass is 9.72. The SMILES string of the molecule is O=C1C2c3c4ccccc4c(c4c3sc3c4sc4c(Br)c5ccccc5c(Br)c43)C2C(=O)N1I. The Morgan fingerprint density at radius 1 is 0.647 bits per heavy atom. The molecular weight excluding hydrogens is 709 g/mol. The van der Waals surface area contributed by atoms with Gasteiger partial charge in [-0.1, -0.05) is 48.5 Å². The smallest absolute Gasteiger partial charge is 0.246 e. The van der Waals surface area contributed by atoms with Crippen LogP contribution in [0.5, 0.6) is 0 Å². The largest absolute Gasteiger partial charge is 0.273 e. The molecule has 3 nitrogen and oxygen atoms in total. The second kappa shape index (κ2) is 6.79. The molecule has 0 radical (unpaired) electrons. The Bertz CT molecular complexity index is 1970. The lowest BCUT2D eigenvalue weighted by molar-refractivity contribution is -0.131. The molecule has 8 heteroatoms. The minimum atomic E-state index is -0.434. The summed E-state index contributed by atoms with van der Waals surface area (Å²) in [5.74, 6) is -1.05. The molecule has 9 rings (SSSR count). The van der Waals surface area contributed by atoms with Gasteiger partial charge in [-0.05, 0) is 64.5 Å². The molecule has 0 spiro atoms. The molecule has 1 saturated heterocycles. The lowest BCUT2D eigenvalue weighted by Gasteiger charge is -2.28. The second-order valence-corrected chi connectivity index (χ2v) is 13.3. The van der Waals surface area contributed by atoms with Gasteiger partial charge >= 0.3 is 0 Å². The van der Waals surface area contributed by atoms with Crippen molar-refractivity contribution in [3.8, 4) is 0 Å². The Kier molecular flexibility index (Phi) is 4.11. The fourth-order valence-corrected chi connectivity index (χ4v) is 11.3. The summed E-state index contributed by atoms with van der Waals surface area (Å²) in [5.41, 5.74) is 2.05. The molecule has 34 heavy (non-hydrogen) atoms. The fourth-order valence-electron chi connectivity index (χ4n) is 5.91. The molecule has 6 aromatic rings. The predicted octanol–water partition coefficient (Wildman–Crippen LogP) is 9.00. The summed E-state index contributed by atoms with van der Waals surface area (Å²) >= 11 is 13.2. The van der Waals surface area contributed by atoms with Crippen molar-refractivity contribution in [3.05, 3.63) is 68.6 Å². The third-order valence-corrected chi connectivity index (χ3v) is 12.7. The van der Waals surface area contributed by atoms with E-state index in [0.29, 0.717) is 0 Å². The van der Waals surface area contributed by atoms with Crippen LogP contribution in [0.4, 0.5) is 0 Å². The number of amides is 2. The molecule has 2 aromatic heterocycles. The van der Waals surface area contributed by atoms with E-state index in [0.717, 1.165) is 40.9 Å². The number of benzene rings is 4. The monoisotopic (exact) mass is 717 g/mol. The molecule has 2 atom stereocenters. The number of fused-ring (bicyclic) bond motifs is 4. The zero-order valence-electron chi connectivity index (χ0n) is 17.0. The number of halogens is 3. The summed E-state index contributed by atoms with van der Waals surface area (Å²) in [4.78, 5) is 26.5. The van der Waals surface area contributed by atoms with Crippen LogP contribution in [0, 0.1) is 0 Å². The average Bonchev–Trinajstić information content (AvgIpc) is 3.49. The molecular formula is C26H10Br2INO2S2. The molecule has 2 unspecified atom stereocenters. The standard InChI is InChI=1S/C26H10Br2INO2S2/c27-19-11-7-3-4-8-12(11)20(28)22-18(19)24-23(34-22)17-13-9-5-1-2-6-10(9)14(21(17)33-24)16-15(13)25(31)30(29)26(16)32/h1-8,15-16H. The Hall–Kier alpha value is -1.59. The van der Waals surface area contributed by atoms with Crippen molar-refractivity contribution < 1.29 is 9.59 Å². The van der Waals surface area contributed by atoms with E-state index in [2.05, 4.69) is 68.3 Å². The van der Waals surface area contributed by atoms with E-state index in [1.807, 2.05) is 35.0 Å². The van der Waals surface area contributed by atoms with Gasteiger partial charge in [-0.25, -0.2) is 3.11 Å². The molecule has 0 saturated carbocycles. The summed E-state index contributed by atoms with van der Waals surface area (Å²) in [5, 5.41) is 6.90. The molecule has 1 fully saturated rings. The highest BCUT2D eigenvalue weighted by Crippen LogP contribution is 2.61. The maximum absolute atomic E-state index is 13.3.